The molecular weight excluding hydrogens is 306 g/mol. The van der Waals surface area contributed by atoms with Gasteiger partial charge in [-0.2, -0.15) is 0 Å². The van der Waals surface area contributed by atoms with Gasteiger partial charge in [0, 0.05) is 37.6 Å². The minimum absolute atomic E-state index is 0.0862. The smallest absolute Gasteiger partial charge is 0.253 e. The molecule has 0 bridgehead atoms. The van der Waals surface area contributed by atoms with Gasteiger partial charge in [0.1, 0.15) is 6.10 Å². The molecule has 0 aliphatic carbocycles. The van der Waals surface area contributed by atoms with Crippen molar-refractivity contribution in [2.24, 2.45) is 0 Å². The molecule has 1 rings (SSSR count). The van der Waals surface area contributed by atoms with E-state index in [9.17, 15) is 4.79 Å². The van der Waals surface area contributed by atoms with Crippen LogP contribution in [0.3, 0.4) is 0 Å². The third-order valence-corrected chi connectivity index (χ3v) is 3.94. The number of benzene rings is 1. The molecule has 0 saturated heterocycles. The minimum atomic E-state index is -0.640. The van der Waals surface area contributed by atoms with Gasteiger partial charge < -0.3 is 20.6 Å². The number of aliphatic hydroxyl groups excluding tert-OH is 1. The Kier molecular flexibility index (Phi) is 10.1. The Hall–Kier alpha value is -1.63. The fraction of sp³-hybridized carbons (Fsp3) is 0.611. The predicted molar refractivity (Wildman–Crippen MR) is 97.9 cm³/mol. The largest absolute Gasteiger partial charge is 0.396 e. The van der Waals surface area contributed by atoms with E-state index in [0.717, 1.165) is 18.5 Å². The molecule has 2 atom stereocenters. The first-order valence-electron chi connectivity index (χ1n) is 8.70. The van der Waals surface area contributed by atoms with Gasteiger partial charge in [-0.3, -0.25) is 4.79 Å². The lowest BCUT2D eigenvalue weighted by Crippen LogP contribution is -2.33. The van der Waals surface area contributed by atoms with Gasteiger partial charge in [0.25, 0.3) is 5.91 Å². The number of amides is 1. The van der Waals surface area contributed by atoms with E-state index in [-0.39, 0.29) is 18.9 Å². The van der Waals surface area contributed by atoms with Gasteiger partial charge in [-0.15, -0.1) is 0 Å². The van der Waals surface area contributed by atoms with E-state index in [2.05, 4.69) is 30.0 Å². The van der Waals surface area contributed by atoms with Crippen molar-refractivity contribution in [1.29, 1.82) is 0 Å². The zero-order chi connectivity index (χ0) is 17.8. The highest BCUT2D eigenvalue weighted by Crippen LogP contribution is 2.14. The standard InChI is InChI=1S/C18H31N3O3/c1-4-6-7-14(5-2)20-21-16-10-8-15(9-11-16)19-18(23)17(24-3)12-13-22/h8-11,14,17,20-22H,4-7,12-13H2,1-3H3,(H,19,23). The molecule has 6 heteroatoms. The lowest BCUT2D eigenvalue weighted by Gasteiger charge is -2.18. The quantitative estimate of drug-likeness (QED) is 0.441. The number of unbranched alkanes of at least 4 members (excludes halogenated alkanes) is 1. The van der Waals surface area contributed by atoms with Gasteiger partial charge in [0.2, 0.25) is 0 Å². The molecule has 0 aliphatic heterocycles. The molecular formula is C18H31N3O3. The Morgan fingerprint density at radius 2 is 1.83 bits per heavy atom. The molecule has 1 aromatic carbocycles. The third-order valence-electron chi connectivity index (χ3n) is 3.94. The average Bonchev–Trinajstić information content (AvgIpc) is 2.61. The Morgan fingerprint density at radius 3 is 2.38 bits per heavy atom. The fourth-order valence-corrected chi connectivity index (χ4v) is 2.35. The Labute approximate surface area is 144 Å². The number of aliphatic hydroxyl groups is 1. The first-order valence-corrected chi connectivity index (χ1v) is 8.70. The molecule has 0 saturated carbocycles. The van der Waals surface area contributed by atoms with E-state index in [4.69, 9.17) is 9.84 Å². The van der Waals surface area contributed by atoms with E-state index >= 15 is 0 Å². The number of hydrogen-bond donors (Lipinski definition) is 4. The van der Waals surface area contributed by atoms with Gasteiger partial charge in [-0.05, 0) is 37.1 Å². The summed E-state index contributed by atoms with van der Waals surface area (Å²) in [5.41, 5.74) is 8.20. The van der Waals surface area contributed by atoms with Crippen molar-refractivity contribution in [2.75, 3.05) is 24.5 Å². The fourth-order valence-electron chi connectivity index (χ4n) is 2.35. The van der Waals surface area contributed by atoms with Crippen molar-refractivity contribution in [3.63, 3.8) is 0 Å². The summed E-state index contributed by atoms with van der Waals surface area (Å²) in [6.45, 7) is 4.28. The van der Waals surface area contributed by atoms with Crippen LogP contribution in [0.2, 0.25) is 0 Å². The van der Waals surface area contributed by atoms with Gasteiger partial charge in [0.05, 0.1) is 0 Å². The molecule has 0 spiro atoms. The first-order chi connectivity index (χ1) is 11.6. The number of nitrogens with one attached hydrogen (secondary N) is 3. The van der Waals surface area contributed by atoms with Crippen molar-refractivity contribution < 1.29 is 14.6 Å². The van der Waals surface area contributed by atoms with E-state index in [1.807, 2.05) is 24.3 Å². The molecule has 0 fully saturated rings. The molecule has 0 radical (unpaired) electrons. The van der Waals surface area contributed by atoms with Gasteiger partial charge >= 0.3 is 0 Å². The van der Waals surface area contributed by atoms with Crippen LogP contribution in [0.15, 0.2) is 24.3 Å². The lowest BCUT2D eigenvalue weighted by atomic mass is 10.1. The molecule has 2 unspecified atom stereocenters. The van der Waals surface area contributed by atoms with Crippen molar-refractivity contribution in [3.8, 4) is 0 Å². The second-order valence-corrected chi connectivity index (χ2v) is 5.82. The lowest BCUT2D eigenvalue weighted by molar-refractivity contribution is -0.126. The summed E-state index contributed by atoms with van der Waals surface area (Å²) < 4.78 is 5.06. The molecule has 24 heavy (non-hydrogen) atoms. The number of hydrogen-bond acceptors (Lipinski definition) is 5. The van der Waals surface area contributed by atoms with E-state index < -0.39 is 6.10 Å². The third kappa shape index (κ3) is 7.29. The molecule has 4 N–H and O–H groups in total. The van der Waals surface area contributed by atoms with Crippen molar-refractivity contribution >= 4 is 17.3 Å². The maximum Gasteiger partial charge on any atom is 0.253 e. The summed E-state index contributed by atoms with van der Waals surface area (Å²) in [4.78, 5) is 12.0. The van der Waals surface area contributed by atoms with Gasteiger partial charge in [-0.1, -0.05) is 26.7 Å². The SMILES string of the molecule is CCCCC(CC)NNc1ccc(NC(=O)C(CCO)OC)cc1. The van der Waals surface area contributed by atoms with Crippen LogP contribution in [0.5, 0.6) is 0 Å². The number of rotatable bonds is 12. The van der Waals surface area contributed by atoms with Crippen LogP contribution in [0.4, 0.5) is 11.4 Å². The summed E-state index contributed by atoms with van der Waals surface area (Å²) in [7, 11) is 1.46. The normalized spacial score (nSPS) is 13.3. The Morgan fingerprint density at radius 1 is 1.17 bits per heavy atom. The molecule has 1 aromatic rings. The van der Waals surface area contributed by atoms with E-state index in [0.29, 0.717) is 11.7 Å². The molecule has 1 amide bonds. The molecule has 6 nitrogen and oxygen atoms in total. The molecule has 0 heterocycles. The monoisotopic (exact) mass is 337 g/mol. The number of anilines is 2. The number of ether oxygens (including phenoxy) is 1. The van der Waals surface area contributed by atoms with Crippen LogP contribution in [0, 0.1) is 0 Å². The van der Waals surface area contributed by atoms with Crippen LogP contribution < -0.4 is 16.2 Å². The van der Waals surface area contributed by atoms with Crippen LogP contribution >= 0.6 is 0 Å². The summed E-state index contributed by atoms with van der Waals surface area (Å²) in [6, 6.07) is 7.93. The maximum absolute atomic E-state index is 12.0. The molecule has 0 aromatic heterocycles. The predicted octanol–water partition coefficient (Wildman–Crippen LogP) is 2.91. The highest BCUT2D eigenvalue weighted by Gasteiger charge is 2.16. The van der Waals surface area contributed by atoms with Gasteiger partial charge in [-0.25, -0.2) is 5.43 Å². The van der Waals surface area contributed by atoms with Crippen molar-refractivity contribution in [3.05, 3.63) is 24.3 Å². The summed E-state index contributed by atoms with van der Waals surface area (Å²) >= 11 is 0. The van der Waals surface area contributed by atoms with Crippen molar-refractivity contribution in [1.82, 2.24) is 5.43 Å². The van der Waals surface area contributed by atoms with Crippen molar-refractivity contribution in [2.45, 2.75) is 58.1 Å². The number of hydrazine groups is 1. The highest BCUT2D eigenvalue weighted by molar-refractivity contribution is 5.94. The number of carbonyl (C=O) groups is 1. The summed E-state index contributed by atoms with van der Waals surface area (Å²) in [6.07, 6.45) is 4.28. The number of methoxy groups -OCH3 is 1. The first kappa shape index (κ1) is 20.4. The van der Waals surface area contributed by atoms with Crippen LogP contribution in [-0.2, 0) is 9.53 Å². The minimum Gasteiger partial charge on any atom is -0.396 e. The van der Waals surface area contributed by atoms with E-state index in [1.165, 1.54) is 20.0 Å². The zero-order valence-electron chi connectivity index (χ0n) is 15.0. The van der Waals surface area contributed by atoms with Gasteiger partial charge in [0.15, 0.2) is 0 Å². The summed E-state index contributed by atoms with van der Waals surface area (Å²) in [5, 5.41) is 11.7. The zero-order valence-corrected chi connectivity index (χ0v) is 15.0. The Bertz CT molecular complexity index is 465. The Balaban J connectivity index is 2.49. The maximum atomic E-state index is 12.0. The number of carbonyl (C=O) groups excluding carboxylic acids is 1. The summed E-state index contributed by atoms with van der Waals surface area (Å²) in [5.74, 6) is -0.254. The average molecular weight is 337 g/mol. The van der Waals surface area contributed by atoms with Crippen LogP contribution in [0.1, 0.15) is 46.0 Å². The van der Waals surface area contributed by atoms with Crippen LogP contribution in [-0.4, -0.2) is 36.9 Å². The topological polar surface area (TPSA) is 82.6 Å². The van der Waals surface area contributed by atoms with Crippen LogP contribution in [0.25, 0.3) is 0 Å². The second-order valence-electron chi connectivity index (χ2n) is 5.82. The molecule has 0 aliphatic rings. The second kappa shape index (κ2) is 11.8. The molecule has 136 valence electrons. The van der Waals surface area contributed by atoms with E-state index in [1.54, 1.807) is 0 Å². The highest BCUT2D eigenvalue weighted by atomic mass is 16.5.